The van der Waals surface area contributed by atoms with E-state index in [9.17, 15) is 14.4 Å². The summed E-state index contributed by atoms with van der Waals surface area (Å²) in [5, 5.41) is 0. The Morgan fingerprint density at radius 2 is 0.547 bits per heavy atom. The van der Waals surface area contributed by atoms with Crippen molar-refractivity contribution in [3.05, 3.63) is 0 Å². The molecule has 0 saturated heterocycles. The van der Waals surface area contributed by atoms with Crippen molar-refractivity contribution in [1.29, 1.82) is 0 Å². The second kappa shape index (κ2) is 52.4. The molecule has 0 amide bonds. The lowest BCUT2D eigenvalue weighted by Gasteiger charge is -2.18. The van der Waals surface area contributed by atoms with Crippen molar-refractivity contribution in [1.82, 2.24) is 0 Å². The second-order valence-electron chi connectivity index (χ2n) is 20.2. The van der Waals surface area contributed by atoms with Crippen molar-refractivity contribution in [3.63, 3.8) is 0 Å². The van der Waals surface area contributed by atoms with Crippen LogP contribution in [0.5, 0.6) is 0 Å². The Morgan fingerprint density at radius 3 is 0.812 bits per heavy atom. The molecule has 6 heteroatoms. The van der Waals surface area contributed by atoms with Gasteiger partial charge in [0.1, 0.15) is 13.2 Å². The average molecular weight is 906 g/mol. The minimum atomic E-state index is -0.760. The molecule has 0 bridgehead atoms. The highest BCUT2D eigenvalue weighted by molar-refractivity contribution is 5.71. The van der Waals surface area contributed by atoms with Gasteiger partial charge in [0.05, 0.1) is 0 Å². The first-order valence-electron chi connectivity index (χ1n) is 28.9. The van der Waals surface area contributed by atoms with Crippen LogP contribution in [0.2, 0.25) is 0 Å². The smallest absolute Gasteiger partial charge is 0.306 e. The minimum Gasteiger partial charge on any atom is -0.462 e. The Kier molecular flexibility index (Phi) is 51.1. The van der Waals surface area contributed by atoms with Gasteiger partial charge in [-0.1, -0.05) is 291 Å². The van der Waals surface area contributed by atoms with Crippen molar-refractivity contribution in [2.75, 3.05) is 13.2 Å². The summed E-state index contributed by atoms with van der Waals surface area (Å²) < 4.78 is 16.8. The molecule has 6 nitrogen and oxygen atoms in total. The van der Waals surface area contributed by atoms with Crippen LogP contribution in [0.4, 0.5) is 0 Å². The first kappa shape index (κ1) is 62.4. The molecule has 0 radical (unpaired) electrons. The van der Waals surface area contributed by atoms with Gasteiger partial charge < -0.3 is 14.2 Å². The molecule has 0 aliphatic rings. The third-order valence-electron chi connectivity index (χ3n) is 13.7. The molecule has 0 spiro atoms. The third kappa shape index (κ3) is 49.8. The molecule has 0 aromatic heterocycles. The van der Waals surface area contributed by atoms with E-state index in [0.717, 1.165) is 63.7 Å². The number of unbranched alkanes of at least 4 members (excludes halogenated alkanes) is 39. The molecule has 0 aromatic rings. The maximum Gasteiger partial charge on any atom is 0.306 e. The molecule has 380 valence electrons. The van der Waals surface area contributed by atoms with Crippen molar-refractivity contribution >= 4 is 17.9 Å². The molecule has 0 aromatic carbocycles. The van der Waals surface area contributed by atoms with E-state index in [4.69, 9.17) is 14.2 Å². The van der Waals surface area contributed by atoms with Crippen LogP contribution in [0.15, 0.2) is 0 Å². The van der Waals surface area contributed by atoms with E-state index >= 15 is 0 Å². The van der Waals surface area contributed by atoms with Crippen molar-refractivity contribution in [3.8, 4) is 0 Å². The zero-order chi connectivity index (χ0) is 46.7. The van der Waals surface area contributed by atoms with Gasteiger partial charge in [-0.25, -0.2) is 0 Å². The fraction of sp³-hybridized carbons (Fsp3) is 0.948. The topological polar surface area (TPSA) is 78.9 Å². The van der Waals surface area contributed by atoms with Crippen LogP contribution in [0, 0.1) is 5.92 Å². The number of rotatable bonds is 53. The van der Waals surface area contributed by atoms with Gasteiger partial charge in [0.25, 0.3) is 0 Å². The maximum atomic E-state index is 12.8. The molecule has 0 N–H and O–H groups in total. The number of esters is 3. The Morgan fingerprint density at radius 1 is 0.312 bits per heavy atom. The summed E-state index contributed by atoms with van der Waals surface area (Å²) >= 11 is 0. The van der Waals surface area contributed by atoms with Crippen molar-refractivity contribution < 1.29 is 28.6 Å². The minimum absolute atomic E-state index is 0.0622. The molecule has 0 heterocycles. The van der Waals surface area contributed by atoms with E-state index in [1.807, 2.05) is 0 Å². The quantitative estimate of drug-likeness (QED) is 0.0344. The second-order valence-corrected chi connectivity index (χ2v) is 20.2. The summed E-state index contributed by atoms with van der Waals surface area (Å²) in [7, 11) is 0. The zero-order valence-corrected chi connectivity index (χ0v) is 43.8. The van der Waals surface area contributed by atoms with Crippen LogP contribution in [0.1, 0.15) is 329 Å². The van der Waals surface area contributed by atoms with Crippen LogP contribution in [-0.4, -0.2) is 37.2 Å². The first-order valence-corrected chi connectivity index (χ1v) is 28.9. The lowest BCUT2D eigenvalue weighted by molar-refractivity contribution is -0.167. The van der Waals surface area contributed by atoms with Crippen LogP contribution < -0.4 is 0 Å². The standard InChI is InChI=1S/C58H112O6/c1-5-8-10-12-14-16-17-18-23-27-30-34-37-41-45-49-56(59)62-52-55(64-58(61)51-47-43-39-32-15-13-11-9-6-2)53-63-57(60)50-46-42-38-35-31-28-25-22-20-19-21-24-26-29-33-36-40-44-48-54(4)7-3/h54-55H,5-53H2,1-4H3/t54?,55-/m1/s1. The fourth-order valence-corrected chi connectivity index (χ4v) is 8.89. The van der Waals surface area contributed by atoms with Crippen LogP contribution in [0.3, 0.4) is 0 Å². The molecule has 0 aliphatic heterocycles. The van der Waals surface area contributed by atoms with E-state index < -0.39 is 6.10 Å². The first-order chi connectivity index (χ1) is 31.4. The maximum absolute atomic E-state index is 12.8. The highest BCUT2D eigenvalue weighted by Gasteiger charge is 2.19. The number of hydrogen-bond donors (Lipinski definition) is 0. The summed E-state index contributed by atoms with van der Waals surface area (Å²) in [6, 6.07) is 0. The highest BCUT2D eigenvalue weighted by Crippen LogP contribution is 2.18. The number of carbonyl (C=O) groups excluding carboxylic acids is 3. The van der Waals surface area contributed by atoms with Gasteiger partial charge in [-0.05, 0) is 25.2 Å². The molecule has 2 atom stereocenters. The Hall–Kier alpha value is -1.59. The number of carbonyl (C=O) groups is 3. The van der Waals surface area contributed by atoms with E-state index in [0.29, 0.717) is 19.3 Å². The van der Waals surface area contributed by atoms with Gasteiger partial charge in [-0.15, -0.1) is 0 Å². The molecule has 0 saturated carbocycles. The summed E-state index contributed by atoms with van der Waals surface area (Å²) in [6.07, 6.45) is 56.7. The van der Waals surface area contributed by atoms with E-state index in [1.54, 1.807) is 0 Å². The summed E-state index contributed by atoms with van der Waals surface area (Å²) in [4.78, 5) is 38.0. The van der Waals surface area contributed by atoms with Gasteiger partial charge in [0, 0.05) is 19.3 Å². The van der Waals surface area contributed by atoms with E-state index in [-0.39, 0.29) is 31.1 Å². The van der Waals surface area contributed by atoms with E-state index in [2.05, 4.69) is 27.7 Å². The van der Waals surface area contributed by atoms with Gasteiger partial charge in [-0.2, -0.15) is 0 Å². The summed E-state index contributed by atoms with van der Waals surface area (Å²) in [5.74, 6) is 0.0704. The Balaban J connectivity index is 4.14. The Labute approximate surface area is 399 Å². The molecule has 0 fully saturated rings. The summed E-state index contributed by atoms with van der Waals surface area (Å²) in [6.45, 7) is 9.08. The van der Waals surface area contributed by atoms with Crippen LogP contribution >= 0.6 is 0 Å². The predicted molar refractivity (Wildman–Crippen MR) is 275 cm³/mol. The zero-order valence-electron chi connectivity index (χ0n) is 43.8. The van der Waals surface area contributed by atoms with Gasteiger partial charge in [-0.3, -0.25) is 14.4 Å². The SMILES string of the molecule is CCCCCCCCCCCCCCCCCC(=O)OC[C@H](COC(=O)CCCCCCCCCCCCCCCCCCCCC(C)CC)OC(=O)CCCCCCCCCCC. The van der Waals surface area contributed by atoms with E-state index in [1.165, 1.54) is 225 Å². The predicted octanol–water partition coefficient (Wildman–Crippen LogP) is 19.0. The molecular formula is C58H112O6. The highest BCUT2D eigenvalue weighted by atomic mass is 16.6. The molecule has 64 heavy (non-hydrogen) atoms. The average Bonchev–Trinajstić information content (AvgIpc) is 3.29. The normalized spacial score (nSPS) is 12.4. The number of hydrogen-bond acceptors (Lipinski definition) is 6. The van der Waals surface area contributed by atoms with Gasteiger partial charge >= 0.3 is 17.9 Å². The Bertz CT molecular complexity index is 966. The lowest BCUT2D eigenvalue weighted by atomic mass is 9.99. The largest absolute Gasteiger partial charge is 0.462 e. The fourth-order valence-electron chi connectivity index (χ4n) is 8.89. The number of ether oxygens (including phenoxy) is 3. The molecule has 0 aliphatic carbocycles. The van der Waals surface area contributed by atoms with Crippen LogP contribution in [0.25, 0.3) is 0 Å². The molecule has 1 unspecified atom stereocenters. The summed E-state index contributed by atoms with van der Waals surface area (Å²) in [5.41, 5.74) is 0. The lowest BCUT2D eigenvalue weighted by Crippen LogP contribution is -2.30. The van der Waals surface area contributed by atoms with Gasteiger partial charge in [0.2, 0.25) is 0 Å². The molecular weight excluding hydrogens is 793 g/mol. The molecule has 0 rings (SSSR count). The third-order valence-corrected chi connectivity index (χ3v) is 13.7. The van der Waals surface area contributed by atoms with Crippen LogP contribution in [-0.2, 0) is 28.6 Å². The van der Waals surface area contributed by atoms with Crippen molar-refractivity contribution in [2.24, 2.45) is 5.92 Å². The van der Waals surface area contributed by atoms with Gasteiger partial charge in [0.15, 0.2) is 6.10 Å². The van der Waals surface area contributed by atoms with Crippen molar-refractivity contribution in [2.45, 2.75) is 336 Å². The monoisotopic (exact) mass is 905 g/mol.